The Labute approximate surface area is 144 Å². The van der Waals surface area contributed by atoms with Crippen LogP contribution in [0, 0.1) is 0 Å². The van der Waals surface area contributed by atoms with Gasteiger partial charge in [-0.1, -0.05) is 39.4 Å². The van der Waals surface area contributed by atoms with Crippen LogP contribution in [-0.4, -0.2) is 40.8 Å². The SMILES string of the molecule is O=c1cc(N2CCNCC2)n2nc(-c3cccc(Br)c3)sc2n1. The van der Waals surface area contributed by atoms with E-state index in [2.05, 4.69) is 31.1 Å². The first-order valence-corrected chi connectivity index (χ1v) is 8.94. The molecule has 6 nitrogen and oxygen atoms in total. The molecule has 0 radical (unpaired) electrons. The van der Waals surface area contributed by atoms with Gasteiger partial charge in [0.25, 0.3) is 5.56 Å². The van der Waals surface area contributed by atoms with Crippen LogP contribution in [-0.2, 0) is 0 Å². The average molecular weight is 392 g/mol. The summed E-state index contributed by atoms with van der Waals surface area (Å²) in [7, 11) is 0. The average Bonchev–Trinajstić information content (AvgIpc) is 2.99. The Morgan fingerprint density at radius 3 is 2.83 bits per heavy atom. The van der Waals surface area contributed by atoms with Crippen LogP contribution in [0.15, 0.2) is 39.6 Å². The van der Waals surface area contributed by atoms with E-state index in [4.69, 9.17) is 5.10 Å². The van der Waals surface area contributed by atoms with Crippen molar-refractivity contribution in [2.75, 3.05) is 31.1 Å². The van der Waals surface area contributed by atoms with Crippen molar-refractivity contribution in [2.45, 2.75) is 0 Å². The summed E-state index contributed by atoms with van der Waals surface area (Å²) in [5.74, 6) is 0.819. The molecule has 0 atom stereocenters. The van der Waals surface area contributed by atoms with Crippen LogP contribution < -0.4 is 15.8 Å². The van der Waals surface area contributed by atoms with Crippen molar-refractivity contribution >= 4 is 38.0 Å². The minimum absolute atomic E-state index is 0.219. The van der Waals surface area contributed by atoms with E-state index >= 15 is 0 Å². The molecule has 3 heterocycles. The summed E-state index contributed by atoms with van der Waals surface area (Å²) in [6.07, 6.45) is 0. The van der Waals surface area contributed by atoms with Crippen LogP contribution in [0.4, 0.5) is 5.82 Å². The second kappa shape index (κ2) is 6.03. The molecule has 2 aromatic heterocycles. The van der Waals surface area contributed by atoms with Gasteiger partial charge in [-0.05, 0) is 12.1 Å². The Balaban J connectivity index is 1.86. The third kappa shape index (κ3) is 2.89. The lowest BCUT2D eigenvalue weighted by Crippen LogP contribution is -2.44. The normalized spacial score (nSPS) is 15.3. The number of fused-ring (bicyclic) bond motifs is 1. The first kappa shape index (κ1) is 14.8. The van der Waals surface area contributed by atoms with E-state index in [1.807, 2.05) is 24.3 Å². The van der Waals surface area contributed by atoms with Crippen LogP contribution in [0.5, 0.6) is 0 Å². The number of nitrogens with zero attached hydrogens (tertiary/aromatic N) is 4. The topological polar surface area (TPSA) is 62.5 Å². The zero-order chi connectivity index (χ0) is 15.8. The number of benzene rings is 1. The van der Waals surface area contributed by atoms with Gasteiger partial charge in [-0.2, -0.15) is 14.6 Å². The minimum Gasteiger partial charge on any atom is -0.354 e. The lowest BCUT2D eigenvalue weighted by atomic mass is 10.2. The monoisotopic (exact) mass is 391 g/mol. The van der Waals surface area contributed by atoms with E-state index in [9.17, 15) is 4.79 Å². The fraction of sp³-hybridized carbons (Fsp3) is 0.267. The smallest absolute Gasteiger partial charge is 0.276 e. The molecule has 3 aromatic rings. The van der Waals surface area contributed by atoms with E-state index in [1.54, 1.807) is 10.6 Å². The summed E-state index contributed by atoms with van der Waals surface area (Å²) in [6.45, 7) is 3.52. The molecule has 0 bridgehead atoms. The Kier molecular flexibility index (Phi) is 3.88. The molecule has 1 fully saturated rings. The first-order valence-electron chi connectivity index (χ1n) is 7.33. The van der Waals surface area contributed by atoms with Crippen molar-refractivity contribution in [3.05, 3.63) is 45.2 Å². The standard InChI is InChI=1S/C15H14BrN5OS/c16-11-3-1-2-10(8-11)14-19-21-13(20-6-4-17-5-7-20)9-12(22)18-15(21)23-14/h1-3,8-9,17H,4-7H2. The van der Waals surface area contributed by atoms with Crippen LogP contribution in [0.2, 0.25) is 0 Å². The summed E-state index contributed by atoms with van der Waals surface area (Å²) < 4.78 is 2.78. The fourth-order valence-corrected chi connectivity index (χ4v) is 3.95. The molecule has 4 rings (SSSR count). The predicted molar refractivity (Wildman–Crippen MR) is 95.4 cm³/mol. The zero-order valence-corrected chi connectivity index (χ0v) is 14.6. The second-order valence-electron chi connectivity index (χ2n) is 5.30. The van der Waals surface area contributed by atoms with Crippen LogP contribution >= 0.6 is 27.3 Å². The number of aromatic nitrogens is 3. The largest absolute Gasteiger partial charge is 0.354 e. The van der Waals surface area contributed by atoms with Crippen molar-refractivity contribution in [3.63, 3.8) is 0 Å². The summed E-state index contributed by atoms with van der Waals surface area (Å²) in [5, 5.41) is 8.86. The maximum atomic E-state index is 12.0. The van der Waals surface area contributed by atoms with E-state index in [-0.39, 0.29) is 5.56 Å². The molecule has 1 aromatic carbocycles. The number of hydrogen-bond donors (Lipinski definition) is 1. The molecule has 1 saturated heterocycles. The van der Waals surface area contributed by atoms with Crippen LogP contribution in [0.25, 0.3) is 15.5 Å². The summed E-state index contributed by atoms with van der Waals surface area (Å²) in [4.78, 5) is 18.9. The zero-order valence-electron chi connectivity index (χ0n) is 12.2. The van der Waals surface area contributed by atoms with E-state index in [1.165, 1.54) is 11.3 Å². The minimum atomic E-state index is -0.219. The van der Waals surface area contributed by atoms with Crippen molar-refractivity contribution in [1.29, 1.82) is 0 Å². The van der Waals surface area contributed by atoms with E-state index < -0.39 is 0 Å². The highest BCUT2D eigenvalue weighted by molar-refractivity contribution is 9.10. The summed E-state index contributed by atoms with van der Waals surface area (Å²) in [5.41, 5.74) is 0.788. The number of hydrogen-bond acceptors (Lipinski definition) is 6. The number of anilines is 1. The quantitative estimate of drug-likeness (QED) is 0.723. The Morgan fingerprint density at radius 2 is 2.04 bits per heavy atom. The van der Waals surface area contributed by atoms with Gasteiger partial charge in [-0.3, -0.25) is 4.79 Å². The maximum absolute atomic E-state index is 12.0. The number of piperazine rings is 1. The van der Waals surface area contributed by atoms with Crippen molar-refractivity contribution in [2.24, 2.45) is 0 Å². The lowest BCUT2D eigenvalue weighted by Gasteiger charge is -2.28. The van der Waals surface area contributed by atoms with E-state index in [0.29, 0.717) is 4.96 Å². The molecular weight excluding hydrogens is 378 g/mol. The molecular formula is C15H14BrN5OS. The number of nitrogens with one attached hydrogen (secondary N) is 1. The predicted octanol–water partition coefficient (Wildman–Crippen LogP) is 1.99. The Morgan fingerprint density at radius 1 is 1.22 bits per heavy atom. The van der Waals surface area contributed by atoms with Gasteiger partial charge in [0, 0.05) is 42.3 Å². The molecule has 0 unspecified atom stereocenters. The van der Waals surface area contributed by atoms with Crippen molar-refractivity contribution < 1.29 is 0 Å². The van der Waals surface area contributed by atoms with E-state index in [0.717, 1.165) is 47.0 Å². The Bertz CT molecular complexity index is 916. The van der Waals surface area contributed by atoms with Crippen LogP contribution in [0.1, 0.15) is 0 Å². The molecule has 0 amide bonds. The fourth-order valence-electron chi connectivity index (χ4n) is 2.66. The highest BCUT2D eigenvalue weighted by Crippen LogP contribution is 2.28. The van der Waals surface area contributed by atoms with Gasteiger partial charge in [-0.15, -0.1) is 0 Å². The van der Waals surface area contributed by atoms with Gasteiger partial charge >= 0.3 is 0 Å². The summed E-state index contributed by atoms with van der Waals surface area (Å²) in [6, 6.07) is 9.54. The molecule has 1 N–H and O–H groups in total. The van der Waals surface area contributed by atoms with Crippen molar-refractivity contribution in [3.8, 4) is 10.6 Å². The van der Waals surface area contributed by atoms with Gasteiger partial charge in [0.2, 0.25) is 4.96 Å². The molecule has 118 valence electrons. The molecule has 23 heavy (non-hydrogen) atoms. The lowest BCUT2D eigenvalue weighted by molar-refractivity contribution is 0.579. The maximum Gasteiger partial charge on any atom is 0.276 e. The number of halogens is 1. The third-order valence-corrected chi connectivity index (χ3v) is 5.20. The van der Waals surface area contributed by atoms with Gasteiger partial charge in [-0.25, -0.2) is 0 Å². The Hall–Kier alpha value is -1.77. The molecule has 0 aliphatic carbocycles. The molecule has 1 aliphatic heterocycles. The van der Waals surface area contributed by atoms with Gasteiger partial charge in [0.15, 0.2) is 0 Å². The number of rotatable bonds is 2. The first-order chi connectivity index (χ1) is 11.2. The van der Waals surface area contributed by atoms with Gasteiger partial charge in [0.1, 0.15) is 10.8 Å². The molecule has 1 aliphatic rings. The van der Waals surface area contributed by atoms with Gasteiger partial charge < -0.3 is 10.2 Å². The van der Waals surface area contributed by atoms with Crippen LogP contribution in [0.3, 0.4) is 0 Å². The third-order valence-electron chi connectivity index (χ3n) is 3.75. The molecule has 0 saturated carbocycles. The highest BCUT2D eigenvalue weighted by Gasteiger charge is 2.17. The molecule has 0 spiro atoms. The van der Waals surface area contributed by atoms with Crippen molar-refractivity contribution in [1.82, 2.24) is 19.9 Å². The van der Waals surface area contributed by atoms with Gasteiger partial charge in [0.05, 0.1) is 0 Å². The molecule has 8 heteroatoms. The highest BCUT2D eigenvalue weighted by atomic mass is 79.9. The summed E-state index contributed by atoms with van der Waals surface area (Å²) >= 11 is 4.91. The second-order valence-corrected chi connectivity index (χ2v) is 7.17.